The smallest absolute Gasteiger partial charge is 0.299 e. The molecule has 1 aromatic rings. The molecule has 0 saturated carbocycles. The van der Waals surface area contributed by atoms with E-state index < -0.39 is 10.2 Å². The number of methoxy groups -OCH3 is 1. The maximum atomic E-state index is 11.8. The van der Waals surface area contributed by atoms with E-state index in [0.717, 1.165) is 11.1 Å². The van der Waals surface area contributed by atoms with Crippen LogP contribution in [0.3, 0.4) is 0 Å². The first-order valence-corrected chi connectivity index (χ1v) is 7.53. The van der Waals surface area contributed by atoms with Crippen LogP contribution in [0.25, 0.3) is 0 Å². The summed E-state index contributed by atoms with van der Waals surface area (Å²) in [5, 5.41) is 0. The molecule has 0 unspecified atom stereocenters. The first-order valence-electron chi connectivity index (χ1n) is 6.04. The Labute approximate surface area is 119 Å². The average Bonchev–Trinajstić information content (AvgIpc) is 2.39. The second-order valence-corrected chi connectivity index (χ2v) is 5.53. The van der Waals surface area contributed by atoms with Crippen LogP contribution in [0.5, 0.6) is 0 Å². The zero-order valence-electron chi connectivity index (χ0n) is 11.6. The number of aryl methyl sites for hydroxylation is 1. The summed E-state index contributed by atoms with van der Waals surface area (Å²) in [6.45, 7) is 2.62. The van der Waals surface area contributed by atoms with Gasteiger partial charge >= 0.3 is 0 Å². The van der Waals surface area contributed by atoms with Crippen molar-refractivity contribution in [1.82, 2.24) is 4.72 Å². The summed E-state index contributed by atoms with van der Waals surface area (Å²) in [5.74, 6) is 5.64. The van der Waals surface area contributed by atoms with E-state index in [1.165, 1.54) is 7.11 Å². The van der Waals surface area contributed by atoms with Crippen molar-refractivity contribution in [2.24, 2.45) is 5.73 Å². The van der Waals surface area contributed by atoms with E-state index in [1.54, 1.807) is 25.1 Å². The third-order valence-corrected chi connectivity index (χ3v) is 3.48. The van der Waals surface area contributed by atoms with E-state index >= 15 is 0 Å². The maximum absolute atomic E-state index is 11.8. The molecule has 20 heavy (non-hydrogen) atoms. The van der Waals surface area contributed by atoms with Crippen LogP contribution in [0.2, 0.25) is 0 Å². The molecule has 0 aliphatic rings. The highest BCUT2D eigenvalue weighted by molar-refractivity contribution is 7.90. The molecule has 0 fully saturated rings. The summed E-state index contributed by atoms with van der Waals surface area (Å²) >= 11 is 0. The van der Waals surface area contributed by atoms with E-state index in [0.29, 0.717) is 12.3 Å². The van der Waals surface area contributed by atoms with Gasteiger partial charge in [-0.25, -0.2) is 0 Å². The highest BCUT2D eigenvalue weighted by atomic mass is 32.2. The zero-order chi connectivity index (χ0) is 15.0. The summed E-state index contributed by atoms with van der Waals surface area (Å²) in [5.41, 5.74) is 7.39. The monoisotopic (exact) mass is 297 g/mol. The van der Waals surface area contributed by atoms with Gasteiger partial charge in [0.05, 0.1) is 18.8 Å². The highest BCUT2D eigenvalue weighted by Crippen LogP contribution is 2.17. The molecule has 0 amide bonds. The third-order valence-electron chi connectivity index (χ3n) is 2.40. The van der Waals surface area contributed by atoms with Crippen LogP contribution in [-0.4, -0.2) is 35.2 Å². The lowest BCUT2D eigenvalue weighted by Crippen LogP contribution is -2.32. The van der Waals surface area contributed by atoms with Gasteiger partial charge in [0, 0.05) is 19.2 Å². The van der Waals surface area contributed by atoms with Crippen LogP contribution < -0.4 is 15.2 Å². The second kappa shape index (κ2) is 7.87. The lowest BCUT2D eigenvalue weighted by molar-refractivity contribution is 0.204. The number of nitrogens with one attached hydrogen (secondary N) is 2. The van der Waals surface area contributed by atoms with Gasteiger partial charge in [0.25, 0.3) is 10.2 Å². The van der Waals surface area contributed by atoms with Crippen LogP contribution in [0.15, 0.2) is 18.2 Å². The fourth-order valence-electron chi connectivity index (χ4n) is 1.47. The predicted molar refractivity (Wildman–Crippen MR) is 79.5 cm³/mol. The van der Waals surface area contributed by atoms with Crippen LogP contribution in [0, 0.1) is 18.8 Å². The molecule has 110 valence electrons. The molecule has 0 heterocycles. The number of nitrogens with two attached hydrogens (primary N) is 1. The Morgan fingerprint density at radius 2 is 2.15 bits per heavy atom. The predicted octanol–water partition coefficient (Wildman–Crippen LogP) is 0.198. The quantitative estimate of drug-likeness (QED) is 0.516. The number of rotatable bonds is 6. The molecule has 4 N–H and O–H groups in total. The molecule has 0 radical (unpaired) electrons. The van der Waals surface area contributed by atoms with Gasteiger partial charge in [-0.1, -0.05) is 11.8 Å². The minimum Gasteiger partial charge on any atom is -0.383 e. The average molecular weight is 297 g/mol. The molecule has 0 aliphatic heterocycles. The molecule has 1 rings (SSSR count). The fraction of sp³-hybridized carbons (Fsp3) is 0.385. The van der Waals surface area contributed by atoms with E-state index in [-0.39, 0.29) is 13.1 Å². The molecule has 0 bridgehead atoms. The Hall–Kier alpha value is -1.59. The van der Waals surface area contributed by atoms with Crippen molar-refractivity contribution in [3.05, 3.63) is 29.3 Å². The Bertz CT molecular complexity index is 603. The number of anilines is 1. The Kier molecular flexibility index (Phi) is 6.48. The standard InChI is InChI=1S/C13H19N3O3S/c1-11-10-12(4-3-7-14)5-6-13(11)16-20(17,18)15-8-9-19-2/h5-6,10,15-16H,7-9,14H2,1-2H3. The van der Waals surface area contributed by atoms with Crippen molar-refractivity contribution in [1.29, 1.82) is 0 Å². The number of benzene rings is 1. The minimum atomic E-state index is -3.60. The summed E-state index contributed by atoms with van der Waals surface area (Å²) < 4.78 is 33.1. The number of hydrogen-bond donors (Lipinski definition) is 3. The fourth-order valence-corrected chi connectivity index (χ4v) is 2.41. The lowest BCUT2D eigenvalue weighted by atomic mass is 10.1. The normalized spacial score (nSPS) is 10.8. The van der Waals surface area contributed by atoms with Crippen LogP contribution in [0.1, 0.15) is 11.1 Å². The van der Waals surface area contributed by atoms with E-state index in [2.05, 4.69) is 21.3 Å². The molecule has 7 heteroatoms. The molecule has 0 spiro atoms. The largest absolute Gasteiger partial charge is 0.383 e. The summed E-state index contributed by atoms with van der Waals surface area (Å²) in [4.78, 5) is 0. The minimum absolute atomic E-state index is 0.213. The van der Waals surface area contributed by atoms with Gasteiger partial charge < -0.3 is 10.5 Å². The molecule has 6 nitrogen and oxygen atoms in total. The number of ether oxygens (including phenoxy) is 1. The third kappa shape index (κ3) is 5.59. The SMILES string of the molecule is COCCNS(=O)(=O)Nc1ccc(C#CCN)cc1C. The molecule has 0 saturated heterocycles. The molecular formula is C13H19N3O3S. The topological polar surface area (TPSA) is 93.4 Å². The summed E-state index contributed by atoms with van der Waals surface area (Å²) in [7, 11) is -2.09. The van der Waals surface area contributed by atoms with Crippen LogP contribution >= 0.6 is 0 Å². The van der Waals surface area contributed by atoms with Gasteiger partial charge in [0.2, 0.25) is 0 Å². The van der Waals surface area contributed by atoms with Crippen molar-refractivity contribution < 1.29 is 13.2 Å². The van der Waals surface area contributed by atoms with Gasteiger partial charge in [-0.05, 0) is 30.7 Å². The summed E-state index contributed by atoms with van der Waals surface area (Å²) in [6.07, 6.45) is 0. The van der Waals surface area contributed by atoms with Gasteiger partial charge in [-0.15, -0.1) is 0 Å². The van der Waals surface area contributed by atoms with Crippen molar-refractivity contribution in [2.75, 3.05) is 31.5 Å². The van der Waals surface area contributed by atoms with Gasteiger partial charge in [0.1, 0.15) is 0 Å². The van der Waals surface area contributed by atoms with Gasteiger partial charge in [-0.3, -0.25) is 4.72 Å². The van der Waals surface area contributed by atoms with Crippen molar-refractivity contribution >= 4 is 15.9 Å². The Morgan fingerprint density at radius 3 is 2.75 bits per heavy atom. The van der Waals surface area contributed by atoms with E-state index in [9.17, 15) is 8.42 Å². The molecule has 1 aromatic carbocycles. The van der Waals surface area contributed by atoms with Gasteiger partial charge in [-0.2, -0.15) is 13.1 Å². The first-order chi connectivity index (χ1) is 9.48. The Morgan fingerprint density at radius 1 is 1.40 bits per heavy atom. The van der Waals surface area contributed by atoms with Gasteiger partial charge in [0.15, 0.2) is 0 Å². The molecule has 0 aromatic heterocycles. The lowest BCUT2D eigenvalue weighted by Gasteiger charge is -2.11. The van der Waals surface area contributed by atoms with Crippen molar-refractivity contribution in [3.8, 4) is 11.8 Å². The first kappa shape index (κ1) is 16.5. The highest BCUT2D eigenvalue weighted by Gasteiger charge is 2.10. The molecule has 0 aliphatic carbocycles. The van der Waals surface area contributed by atoms with Crippen molar-refractivity contribution in [2.45, 2.75) is 6.92 Å². The second-order valence-electron chi connectivity index (χ2n) is 4.03. The van der Waals surface area contributed by atoms with Crippen molar-refractivity contribution in [3.63, 3.8) is 0 Å². The van der Waals surface area contributed by atoms with E-state index in [4.69, 9.17) is 10.5 Å². The van der Waals surface area contributed by atoms with E-state index in [1.807, 2.05) is 0 Å². The maximum Gasteiger partial charge on any atom is 0.299 e. The molecular weight excluding hydrogens is 278 g/mol. The summed E-state index contributed by atoms with van der Waals surface area (Å²) in [6, 6.07) is 5.21. The molecule has 0 atom stereocenters. The van der Waals surface area contributed by atoms with Crippen LogP contribution in [-0.2, 0) is 14.9 Å². The number of hydrogen-bond acceptors (Lipinski definition) is 4. The van der Waals surface area contributed by atoms with Crippen LogP contribution in [0.4, 0.5) is 5.69 Å². The zero-order valence-corrected chi connectivity index (χ0v) is 12.4. The Balaban J connectivity index is 2.78.